The van der Waals surface area contributed by atoms with Crippen molar-refractivity contribution < 1.29 is 27.9 Å². The fourth-order valence-electron chi connectivity index (χ4n) is 4.72. The van der Waals surface area contributed by atoms with Crippen molar-refractivity contribution in [1.29, 1.82) is 0 Å². The third-order valence-corrected chi connectivity index (χ3v) is 8.16. The van der Waals surface area contributed by atoms with Crippen molar-refractivity contribution in [3.05, 3.63) is 70.8 Å². The summed E-state index contributed by atoms with van der Waals surface area (Å²) in [4.78, 5) is 39.1. The number of benzene rings is 2. The normalized spacial score (nSPS) is 16.9. The smallest absolute Gasteiger partial charge is 0.323 e. The van der Waals surface area contributed by atoms with Gasteiger partial charge in [0.15, 0.2) is 0 Å². The molecule has 2 heterocycles. The molecule has 4 N–H and O–H groups in total. The zero-order chi connectivity index (χ0) is 26.4. The van der Waals surface area contributed by atoms with E-state index in [1.54, 1.807) is 47.4 Å². The van der Waals surface area contributed by atoms with Gasteiger partial charge >= 0.3 is 5.97 Å². The summed E-state index contributed by atoms with van der Waals surface area (Å²) in [6.45, 7) is 2.74. The Kier molecular flexibility index (Phi) is 8.57. The van der Waals surface area contributed by atoms with Gasteiger partial charge in [0.2, 0.25) is 10.0 Å². The summed E-state index contributed by atoms with van der Waals surface area (Å²) < 4.78 is 27.0. The molecule has 1 fully saturated rings. The summed E-state index contributed by atoms with van der Waals surface area (Å²) in [5, 5.41) is 15.3. The molecule has 1 atom stereocenters. The number of nitrogens with one attached hydrogen (secondary N) is 3. The Labute approximate surface area is 216 Å². The number of hydrogen-bond acceptors (Lipinski definition) is 6. The van der Waals surface area contributed by atoms with Gasteiger partial charge in [0, 0.05) is 30.8 Å². The summed E-state index contributed by atoms with van der Waals surface area (Å²) in [5.41, 5.74) is 2.04. The summed E-state index contributed by atoms with van der Waals surface area (Å²) in [6, 6.07) is 11.7. The first kappa shape index (κ1) is 26.8. The number of carbonyl (C=O) groups is 3. The molecule has 2 aromatic rings. The van der Waals surface area contributed by atoms with E-state index in [0.717, 1.165) is 37.9 Å². The van der Waals surface area contributed by atoms with Crippen LogP contribution in [-0.2, 0) is 27.1 Å². The molecule has 0 bridgehead atoms. The highest BCUT2D eigenvalue weighted by atomic mass is 32.2. The zero-order valence-electron chi connectivity index (χ0n) is 20.5. The predicted molar refractivity (Wildman–Crippen MR) is 137 cm³/mol. The Morgan fingerprint density at radius 1 is 1.11 bits per heavy atom. The number of carboxylic acid groups (broad SMARTS) is 1. The summed E-state index contributed by atoms with van der Waals surface area (Å²) >= 11 is 0. The maximum absolute atomic E-state index is 12.9. The van der Waals surface area contributed by atoms with Crippen molar-refractivity contribution in [2.24, 2.45) is 5.92 Å². The van der Waals surface area contributed by atoms with Crippen LogP contribution in [0.1, 0.15) is 51.1 Å². The van der Waals surface area contributed by atoms with E-state index < -0.39 is 34.5 Å². The molecular formula is C26H32N4O6S. The number of aliphatic carboxylic acids is 1. The third-order valence-electron chi connectivity index (χ3n) is 6.80. The monoisotopic (exact) mass is 528 g/mol. The Bertz CT molecular complexity index is 1240. The molecule has 2 aliphatic rings. The molecule has 0 aromatic heterocycles. The van der Waals surface area contributed by atoms with Gasteiger partial charge in [-0.2, -0.15) is 4.72 Å². The van der Waals surface area contributed by atoms with Gasteiger partial charge < -0.3 is 20.6 Å². The minimum Gasteiger partial charge on any atom is -0.480 e. The van der Waals surface area contributed by atoms with Gasteiger partial charge in [-0.25, -0.2) is 8.42 Å². The topological polar surface area (TPSA) is 145 Å². The van der Waals surface area contributed by atoms with Crippen LogP contribution in [0.3, 0.4) is 0 Å². The van der Waals surface area contributed by atoms with Gasteiger partial charge in [-0.1, -0.05) is 36.4 Å². The number of amides is 2. The fourth-order valence-corrected chi connectivity index (χ4v) is 6.05. The molecule has 2 amide bonds. The summed E-state index contributed by atoms with van der Waals surface area (Å²) in [6.07, 6.45) is 3.17. The average Bonchev–Trinajstić information content (AvgIpc) is 3.20. The Morgan fingerprint density at radius 3 is 2.54 bits per heavy atom. The van der Waals surface area contributed by atoms with Crippen molar-refractivity contribution >= 4 is 27.8 Å². The highest BCUT2D eigenvalue weighted by Gasteiger charge is 2.29. The Hall–Kier alpha value is -3.28. The molecule has 198 valence electrons. The lowest BCUT2D eigenvalue weighted by Crippen LogP contribution is -2.48. The van der Waals surface area contributed by atoms with Gasteiger partial charge in [-0.05, 0) is 61.5 Å². The quantitative estimate of drug-likeness (QED) is 0.344. The SMILES string of the molecule is O=C(NC[C@H](NS(=O)(=O)Cc1ccccc1)C(=O)O)c1ccc2c(c1)C(=O)N(CCC1CCNCC1)C2. The number of fused-ring (bicyclic) bond motifs is 1. The van der Waals surface area contributed by atoms with E-state index in [9.17, 15) is 27.9 Å². The van der Waals surface area contributed by atoms with E-state index in [-0.39, 0.29) is 17.2 Å². The van der Waals surface area contributed by atoms with Crippen molar-refractivity contribution in [1.82, 2.24) is 20.3 Å². The maximum Gasteiger partial charge on any atom is 0.323 e. The second kappa shape index (κ2) is 11.8. The number of sulfonamides is 1. The minimum atomic E-state index is -3.96. The largest absolute Gasteiger partial charge is 0.480 e. The first-order chi connectivity index (χ1) is 17.7. The molecule has 0 spiro atoms. The van der Waals surface area contributed by atoms with E-state index in [1.807, 2.05) is 0 Å². The van der Waals surface area contributed by atoms with Crippen LogP contribution in [0.25, 0.3) is 0 Å². The molecular weight excluding hydrogens is 496 g/mol. The lowest BCUT2D eigenvalue weighted by atomic mass is 9.94. The lowest BCUT2D eigenvalue weighted by molar-refractivity contribution is -0.138. The Morgan fingerprint density at radius 2 is 1.84 bits per heavy atom. The highest BCUT2D eigenvalue weighted by molar-refractivity contribution is 7.88. The Balaban J connectivity index is 1.33. The molecule has 10 nitrogen and oxygen atoms in total. The zero-order valence-corrected chi connectivity index (χ0v) is 21.3. The number of piperidine rings is 1. The number of rotatable bonds is 11. The van der Waals surface area contributed by atoms with Crippen LogP contribution in [0.4, 0.5) is 0 Å². The molecule has 0 radical (unpaired) electrons. The van der Waals surface area contributed by atoms with Crippen LogP contribution in [-0.4, -0.2) is 68.4 Å². The van der Waals surface area contributed by atoms with Gasteiger partial charge in [-0.15, -0.1) is 0 Å². The molecule has 0 saturated carbocycles. The van der Waals surface area contributed by atoms with Crippen molar-refractivity contribution in [2.75, 3.05) is 26.2 Å². The van der Waals surface area contributed by atoms with E-state index >= 15 is 0 Å². The van der Waals surface area contributed by atoms with E-state index in [4.69, 9.17) is 0 Å². The first-order valence-electron chi connectivity index (χ1n) is 12.4. The first-order valence-corrected chi connectivity index (χ1v) is 14.0. The lowest BCUT2D eigenvalue weighted by Gasteiger charge is -2.25. The summed E-state index contributed by atoms with van der Waals surface area (Å²) in [7, 11) is -3.96. The maximum atomic E-state index is 12.9. The molecule has 2 aromatic carbocycles. The number of carbonyl (C=O) groups excluding carboxylic acids is 2. The van der Waals surface area contributed by atoms with Gasteiger partial charge in [-0.3, -0.25) is 14.4 Å². The molecule has 37 heavy (non-hydrogen) atoms. The highest BCUT2D eigenvalue weighted by Crippen LogP contribution is 2.26. The standard InChI is InChI=1S/C26H32N4O6S/c31-24(28-15-23(26(33)34)29-37(35,36)17-19-4-2-1-3-5-19)20-6-7-21-16-30(25(32)22(21)14-20)13-10-18-8-11-27-12-9-18/h1-7,14,18,23,27,29H,8-13,15-17H2,(H,28,31)(H,33,34)/t23-/m0/s1. The third kappa shape index (κ3) is 7.15. The molecule has 4 rings (SSSR count). The van der Waals surface area contributed by atoms with E-state index in [2.05, 4.69) is 15.4 Å². The number of hydrogen-bond donors (Lipinski definition) is 4. The van der Waals surface area contributed by atoms with E-state index in [0.29, 0.717) is 30.1 Å². The molecule has 2 aliphatic heterocycles. The van der Waals surface area contributed by atoms with E-state index in [1.165, 1.54) is 6.07 Å². The average molecular weight is 529 g/mol. The van der Waals surface area contributed by atoms with Gasteiger partial charge in [0.05, 0.1) is 5.75 Å². The van der Waals surface area contributed by atoms with Gasteiger partial charge in [0.25, 0.3) is 11.8 Å². The van der Waals surface area contributed by atoms with Crippen LogP contribution in [0.5, 0.6) is 0 Å². The fraction of sp³-hybridized carbons (Fsp3) is 0.423. The van der Waals surface area contributed by atoms with Gasteiger partial charge in [0.1, 0.15) is 6.04 Å². The predicted octanol–water partition coefficient (Wildman–Crippen LogP) is 1.33. The molecule has 1 saturated heterocycles. The second-order valence-electron chi connectivity index (χ2n) is 9.54. The van der Waals surface area contributed by atoms with Crippen LogP contribution in [0, 0.1) is 5.92 Å². The molecule has 0 aliphatic carbocycles. The van der Waals surface area contributed by atoms with Crippen molar-refractivity contribution in [2.45, 2.75) is 37.6 Å². The second-order valence-corrected chi connectivity index (χ2v) is 11.3. The van der Waals surface area contributed by atoms with Crippen molar-refractivity contribution in [3.63, 3.8) is 0 Å². The van der Waals surface area contributed by atoms with Crippen LogP contribution in [0.15, 0.2) is 48.5 Å². The van der Waals surface area contributed by atoms with Crippen LogP contribution < -0.4 is 15.4 Å². The van der Waals surface area contributed by atoms with Crippen molar-refractivity contribution in [3.8, 4) is 0 Å². The molecule has 11 heteroatoms. The van der Waals surface area contributed by atoms with Crippen LogP contribution >= 0.6 is 0 Å². The molecule has 0 unspecified atom stereocenters. The number of nitrogens with zero attached hydrogens (tertiary/aromatic N) is 1. The summed E-state index contributed by atoms with van der Waals surface area (Å²) in [5.74, 6) is -1.89. The van der Waals surface area contributed by atoms with Crippen LogP contribution in [0.2, 0.25) is 0 Å². The number of carboxylic acids is 1. The minimum absolute atomic E-state index is 0.115.